The van der Waals surface area contributed by atoms with Crippen LogP contribution >= 0.6 is 11.8 Å². The molecule has 6 nitrogen and oxygen atoms in total. The maximum atomic E-state index is 13.9. The summed E-state index contributed by atoms with van der Waals surface area (Å²) < 4.78 is 46.5. The minimum Gasteiger partial charge on any atom is -0.497 e. The molecule has 0 heterocycles. The van der Waals surface area contributed by atoms with Gasteiger partial charge < -0.3 is 10.1 Å². The highest BCUT2D eigenvalue weighted by molar-refractivity contribution is 7.98. The first-order valence-electron chi connectivity index (χ1n) is 9.65. The summed E-state index contributed by atoms with van der Waals surface area (Å²) >= 11 is 1.48. The second-order valence-corrected chi connectivity index (χ2v) is 9.53. The zero-order chi connectivity index (χ0) is 23.1. The van der Waals surface area contributed by atoms with E-state index in [0.717, 1.165) is 20.8 Å². The number of nitrogens with one attached hydrogen (secondary N) is 1. The van der Waals surface area contributed by atoms with Crippen LogP contribution in [0, 0.1) is 5.82 Å². The second-order valence-electron chi connectivity index (χ2n) is 6.79. The number of hydrogen-bond acceptors (Lipinski definition) is 5. The fourth-order valence-electron chi connectivity index (χ4n) is 2.95. The summed E-state index contributed by atoms with van der Waals surface area (Å²) in [6.45, 7) is -0.283. The molecule has 9 heteroatoms. The van der Waals surface area contributed by atoms with Crippen molar-refractivity contribution >= 4 is 33.4 Å². The number of sulfonamides is 1. The summed E-state index contributed by atoms with van der Waals surface area (Å²) in [5, 5.41) is 2.71. The Balaban J connectivity index is 1.83. The summed E-state index contributed by atoms with van der Waals surface area (Å²) in [6.07, 6.45) is 1.88. The van der Waals surface area contributed by atoms with E-state index in [1.807, 2.05) is 6.26 Å². The summed E-state index contributed by atoms with van der Waals surface area (Å²) in [5.41, 5.74) is 0.894. The van der Waals surface area contributed by atoms with Crippen molar-refractivity contribution < 1.29 is 22.3 Å². The Bertz CT molecular complexity index is 1170. The lowest BCUT2D eigenvalue weighted by Crippen LogP contribution is -2.40. The van der Waals surface area contributed by atoms with E-state index in [2.05, 4.69) is 5.32 Å². The van der Waals surface area contributed by atoms with Gasteiger partial charge in [0.15, 0.2) is 0 Å². The van der Waals surface area contributed by atoms with Gasteiger partial charge in [-0.2, -0.15) is 0 Å². The molecule has 32 heavy (non-hydrogen) atoms. The topological polar surface area (TPSA) is 75.7 Å². The van der Waals surface area contributed by atoms with Crippen LogP contribution in [0.15, 0.2) is 82.6 Å². The largest absolute Gasteiger partial charge is 0.497 e. The third kappa shape index (κ3) is 5.80. The number of nitrogens with zero attached hydrogens (tertiary/aromatic N) is 1. The van der Waals surface area contributed by atoms with Crippen LogP contribution in [-0.4, -0.2) is 34.2 Å². The van der Waals surface area contributed by atoms with Crippen molar-refractivity contribution in [2.45, 2.75) is 16.3 Å². The molecule has 168 valence electrons. The molecule has 0 fully saturated rings. The van der Waals surface area contributed by atoms with E-state index in [9.17, 15) is 17.6 Å². The Hall–Kier alpha value is -3.04. The van der Waals surface area contributed by atoms with E-state index >= 15 is 0 Å². The molecule has 0 aliphatic rings. The predicted molar refractivity (Wildman–Crippen MR) is 124 cm³/mol. The summed E-state index contributed by atoms with van der Waals surface area (Å²) in [7, 11) is -2.54. The van der Waals surface area contributed by atoms with Crippen LogP contribution in [0.1, 0.15) is 5.56 Å². The lowest BCUT2D eigenvalue weighted by molar-refractivity contribution is -0.119. The number of benzene rings is 3. The number of hydrogen-bond donors (Lipinski definition) is 1. The van der Waals surface area contributed by atoms with Gasteiger partial charge in [-0.1, -0.05) is 18.2 Å². The second kappa shape index (κ2) is 10.5. The average Bonchev–Trinajstić information content (AvgIpc) is 2.81. The Morgan fingerprint density at radius 1 is 1.06 bits per heavy atom. The zero-order valence-electron chi connectivity index (χ0n) is 17.6. The van der Waals surface area contributed by atoms with E-state index in [1.165, 1.54) is 42.1 Å². The van der Waals surface area contributed by atoms with Gasteiger partial charge in [0, 0.05) is 11.4 Å². The predicted octanol–water partition coefficient (Wildman–Crippen LogP) is 4.07. The molecule has 0 aliphatic carbocycles. The van der Waals surface area contributed by atoms with E-state index in [-0.39, 0.29) is 17.1 Å². The minimum atomic E-state index is -4.10. The van der Waals surface area contributed by atoms with Crippen LogP contribution in [0.2, 0.25) is 0 Å². The molecule has 0 unspecified atom stereocenters. The Morgan fingerprint density at radius 2 is 1.75 bits per heavy atom. The van der Waals surface area contributed by atoms with Gasteiger partial charge in [-0.15, -0.1) is 11.8 Å². The summed E-state index contributed by atoms with van der Waals surface area (Å²) in [4.78, 5) is 13.6. The smallest absolute Gasteiger partial charge is 0.264 e. The van der Waals surface area contributed by atoms with Gasteiger partial charge in [-0.25, -0.2) is 12.8 Å². The molecular weight excluding hydrogens is 451 g/mol. The molecule has 0 atom stereocenters. The number of carbonyl (C=O) groups is 1. The van der Waals surface area contributed by atoms with Crippen LogP contribution in [0.3, 0.4) is 0 Å². The maximum absolute atomic E-state index is 13.9. The van der Waals surface area contributed by atoms with Gasteiger partial charge in [-0.3, -0.25) is 9.10 Å². The van der Waals surface area contributed by atoms with Gasteiger partial charge in [0.1, 0.15) is 18.1 Å². The third-order valence-electron chi connectivity index (χ3n) is 4.68. The fourth-order valence-corrected chi connectivity index (χ4v) is 4.77. The summed E-state index contributed by atoms with van der Waals surface area (Å²) in [6, 6.07) is 18.6. The van der Waals surface area contributed by atoms with Crippen LogP contribution in [0.5, 0.6) is 5.75 Å². The molecular formula is C23H23FN2O4S2. The van der Waals surface area contributed by atoms with Crippen molar-refractivity contribution in [3.63, 3.8) is 0 Å². The molecule has 0 aromatic heterocycles. The van der Waals surface area contributed by atoms with Gasteiger partial charge in [0.05, 0.1) is 17.7 Å². The number of ether oxygens (including phenoxy) is 1. The van der Waals surface area contributed by atoms with Crippen molar-refractivity contribution in [1.82, 2.24) is 5.32 Å². The standard InChI is InChI=1S/C23H23FN2O4S2/c1-30-20-8-6-17(7-9-20)15-25-23(27)16-26(19-5-3-4-18(24)14-19)32(28,29)22-12-10-21(31-2)11-13-22/h3-14H,15-16H2,1-2H3,(H,25,27). The maximum Gasteiger partial charge on any atom is 0.264 e. The van der Waals surface area contributed by atoms with Gasteiger partial charge >= 0.3 is 0 Å². The first-order valence-corrected chi connectivity index (χ1v) is 12.3. The van der Waals surface area contributed by atoms with Crippen LogP contribution in [0.25, 0.3) is 0 Å². The molecule has 3 aromatic rings. The SMILES string of the molecule is COc1ccc(CNC(=O)CN(c2cccc(F)c2)S(=O)(=O)c2ccc(SC)cc2)cc1. The quantitative estimate of drug-likeness (QED) is 0.473. The average molecular weight is 475 g/mol. The lowest BCUT2D eigenvalue weighted by Gasteiger charge is -2.24. The normalized spacial score (nSPS) is 11.1. The first-order chi connectivity index (χ1) is 15.3. The monoisotopic (exact) mass is 474 g/mol. The number of halogens is 1. The zero-order valence-corrected chi connectivity index (χ0v) is 19.3. The van der Waals surface area contributed by atoms with Crippen LogP contribution in [0.4, 0.5) is 10.1 Å². The first kappa shape index (κ1) is 23.6. The molecule has 0 radical (unpaired) electrons. The van der Waals surface area contributed by atoms with E-state index < -0.39 is 28.3 Å². The third-order valence-corrected chi connectivity index (χ3v) is 7.21. The highest BCUT2D eigenvalue weighted by Gasteiger charge is 2.27. The molecule has 0 saturated carbocycles. The van der Waals surface area contributed by atoms with Crippen LogP contribution < -0.4 is 14.4 Å². The minimum absolute atomic E-state index is 0.0162. The molecule has 0 spiro atoms. The number of rotatable bonds is 9. The number of carbonyl (C=O) groups excluding carboxylic acids is 1. The van der Waals surface area contributed by atoms with E-state index in [0.29, 0.717) is 5.75 Å². The molecule has 0 aliphatic heterocycles. The Labute approximate surface area is 191 Å². The number of thioether (sulfide) groups is 1. The Kier molecular flexibility index (Phi) is 7.76. The summed E-state index contributed by atoms with van der Waals surface area (Å²) in [5.74, 6) is -0.426. The number of methoxy groups -OCH3 is 1. The van der Waals surface area contributed by atoms with Crippen LogP contribution in [-0.2, 0) is 21.4 Å². The van der Waals surface area contributed by atoms with Gasteiger partial charge in [-0.05, 0) is 66.4 Å². The van der Waals surface area contributed by atoms with E-state index in [1.54, 1.807) is 43.5 Å². The van der Waals surface area contributed by atoms with Gasteiger partial charge in [0.25, 0.3) is 10.0 Å². The fraction of sp³-hybridized carbons (Fsp3) is 0.174. The molecule has 0 bridgehead atoms. The van der Waals surface area contributed by atoms with Crippen molar-refractivity contribution in [3.05, 3.63) is 84.2 Å². The Morgan fingerprint density at radius 3 is 2.34 bits per heavy atom. The highest BCUT2D eigenvalue weighted by Crippen LogP contribution is 2.26. The molecule has 1 N–H and O–H groups in total. The van der Waals surface area contributed by atoms with Crippen molar-refractivity contribution in [2.75, 3.05) is 24.2 Å². The van der Waals surface area contributed by atoms with Crippen molar-refractivity contribution in [2.24, 2.45) is 0 Å². The van der Waals surface area contributed by atoms with Crippen molar-refractivity contribution in [1.29, 1.82) is 0 Å². The molecule has 3 rings (SSSR count). The molecule has 3 aromatic carbocycles. The lowest BCUT2D eigenvalue weighted by atomic mass is 10.2. The molecule has 0 saturated heterocycles. The highest BCUT2D eigenvalue weighted by atomic mass is 32.2. The number of amides is 1. The number of anilines is 1. The molecule has 1 amide bonds. The van der Waals surface area contributed by atoms with Crippen molar-refractivity contribution in [3.8, 4) is 5.75 Å². The van der Waals surface area contributed by atoms with Gasteiger partial charge in [0.2, 0.25) is 5.91 Å². The van der Waals surface area contributed by atoms with E-state index in [4.69, 9.17) is 4.74 Å².